The van der Waals surface area contributed by atoms with Crippen molar-refractivity contribution < 1.29 is 9.53 Å². The summed E-state index contributed by atoms with van der Waals surface area (Å²) in [6, 6.07) is 13.0. The van der Waals surface area contributed by atoms with Crippen molar-refractivity contribution in [3.8, 4) is 5.75 Å². The van der Waals surface area contributed by atoms with Crippen LogP contribution in [0.5, 0.6) is 5.75 Å². The molecule has 0 unspecified atom stereocenters. The first-order chi connectivity index (χ1) is 13.5. The molecule has 0 aliphatic carbocycles. The molecule has 2 N–H and O–H groups in total. The zero-order chi connectivity index (χ0) is 19.8. The third-order valence-corrected chi connectivity index (χ3v) is 6.08. The number of likely N-dealkylation sites (tertiary alicyclic amines) is 1. The molecule has 1 saturated heterocycles. The van der Waals surface area contributed by atoms with Crippen molar-refractivity contribution in [1.29, 1.82) is 0 Å². The van der Waals surface area contributed by atoms with E-state index in [1.165, 1.54) is 0 Å². The number of methoxy groups -OCH3 is 1. The number of ether oxygens (including phenoxy) is 1. The number of rotatable bonds is 4. The van der Waals surface area contributed by atoms with E-state index < -0.39 is 6.04 Å². The van der Waals surface area contributed by atoms with Crippen molar-refractivity contribution >= 4 is 5.91 Å². The van der Waals surface area contributed by atoms with Gasteiger partial charge in [-0.1, -0.05) is 18.2 Å². The maximum absolute atomic E-state index is 12.8. The van der Waals surface area contributed by atoms with Gasteiger partial charge in [0.2, 0.25) is 5.91 Å². The summed E-state index contributed by atoms with van der Waals surface area (Å²) < 4.78 is 7.32. The van der Waals surface area contributed by atoms with Gasteiger partial charge in [0.25, 0.3) is 5.56 Å². The van der Waals surface area contributed by atoms with E-state index in [0.29, 0.717) is 13.1 Å². The summed E-state index contributed by atoms with van der Waals surface area (Å²) in [7, 11) is 1.66. The highest BCUT2D eigenvalue weighted by atomic mass is 16.5. The number of carbonyl (C=O) groups is 1. The predicted molar refractivity (Wildman–Crippen MR) is 108 cm³/mol. The molecule has 0 radical (unpaired) electrons. The molecule has 1 aromatic heterocycles. The summed E-state index contributed by atoms with van der Waals surface area (Å²) in [5.41, 5.74) is 8.05. The monoisotopic (exact) mass is 381 g/mol. The smallest absolute Gasteiger partial charge is 0.251 e. The molecule has 6 heteroatoms. The maximum Gasteiger partial charge on any atom is 0.251 e. The van der Waals surface area contributed by atoms with Crippen LogP contribution in [-0.4, -0.2) is 41.6 Å². The first-order valence-electron chi connectivity index (χ1n) is 9.86. The average molecular weight is 381 g/mol. The molecular formula is C22H27N3O3. The normalized spacial score (nSPS) is 24.4. The second-order valence-corrected chi connectivity index (χ2v) is 8.01. The number of aromatic nitrogens is 1. The fourth-order valence-corrected chi connectivity index (χ4v) is 4.81. The highest BCUT2D eigenvalue weighted by Crippen LogP contribution is 2.42. The molecule has 2 bridgehead atoms. The lowest BCUT2D eigenvalue weighted by Gasteiger charge is -2.47. The van der Waals surface area contributed by atoms with E-state index in [1.54, 1.807) is 20.1 Å². The number of nitrogens with zero attached hydrogens (tertiary/aromatic N) is 2. The Kier molecular flexibility index (Phi) is 4.98. The van der Waals surface area contributed by atoms with Crippen molar-refractivity contribution in [2.24, 2.45) is 11.7 Å². The lowest BCUT2D eigenvalue weighted by molar-refractivity contribution is -0.135. The van der Waals surface area contributed by atoms with Crippen LogP contribution in [0.1, 0.15) is 36.6 Å². The maximum atomic E-state index is 12.8. The molecule has 28 heavy (non-hydrogen) atoms. The molecule has 148 valence electrons. The minimum absolute atomic E-state index is 0.00994. The first kappa shape index (κ1) is 18.7. The Morgan fingerprint density at radius 2 is 2.04 bits per heavy atom. The molecule has 1 amide bonds. The molecule has 2 aliphatic rings. The lowest BCUT2D eigenvalue weighted by Crippen LogP contribution is -2.54. The molecular weight excluding hydrogens is 354 g/mol. The highest BCUT2D eigenvalue weighted by Gasteiger charge is 2.42. The molecule has 2 aliphatic heterocycles. The summed E-state index contributed by atoms with van der Waals surface area (Å²) >= 11 is 0. The predicted octanol–water partition coefficient (Wildman–Crippen LogP) is 1.93. The van der Waals surface area contributed by atoms with Gasteiger partial charge in [-0.3, -0.25) is 9.59 Å². The fraction of sp³-hybridized carbons (Fsp3) is 0.455. The van der Waals surface area contributed by atoms with E-state index in [-0.39, 0.29) is 29.3 Å². The van der Waals surface area contributed by atoms with E-state index >= 15 is 0 Å². The van der Waals surface area contributed by atoms with Crippen LogP contribution in [0.4, 0.5) is 0 Å². The fourth-order valence-electron chi connectivity index (χ4n) is 4.81. The van der Waals surface area contributed by atoms with Gasteiger partial charge in [0.05, 0.1) is 13.2 Å². The van der Waals surface area contributed by atoms with Gasteiger partial charge in [0.1, 0.15) is 5.75 Å². The van der Waals surface area contributed by atoms with Crippen LogP contribution < -0.4 is 16.0 Å². The third kappa shape index (κ3) is 3.33. The number of pyridine rings is 1. The molecule has 4 rings (SSSR count). The molecule has 6 nitrogen and oxygen atoms in total. The number of fused-ring (bicyclic) bond motifs is 4. The second-order valence-electron chi connectivity index (χ2n) is 8.01. The molecule has 0 spiro atoms. The highest BCUT2D eigenvalue weighted by molar-refractivity contribution is 5.81. The third-order valence-electron chi connectivity index (χ3n) is 6.08. The molecule has 4 atom stereocenters. The van der Waals surface area contributed by atoms with Crippen molar-refractivity contribution in [1.82, 2.24) is 9.47 Å². The van der Waals surface area contributed by atoms with Crippen LogP contribution in [0.25, 0.3) is 0 Å². The van der Waals surface area contributed by atoms with Crippen molar-refractivity contribution in [3.05, 3.63) is 64.1 Å². The molecule has 3 heterocycles. The van der Waals surface area contributed by atoms with Crippen LogP contribution in [0.2, 0.25) is 0 Å². The van der Waals surface area contributed by atoms with Gasteiger partial charge in [0.15, 0.2) is 0 Å². The van der Waals surface area contributed by atoms with Gasteiger partial charge in [-0.2, -0.15) is 0 Å². The Balaban J connectivity index is 1.73. The number of benzene rings is 1. The van der Waals surface area contributed by atoms with E-state index in [2.05, 4.69) is 6.07 Å². The number of piperidine rings is 1. The summed E-state index contributed by atoms with van der Waals surface area (Å²) in [6.45, 7) is 3.01. The number of amides is 1. The quantitative estimate of drug-likeness (QED) is 0.878. The standard InChI is InChI=1S/C22H27N3O3/c1-14(23)22(27)24-12-16-11-17(13-24)20(25-19(16)7-4-8-21(25)26)10-15-5-3-6-18(9-15)28-2/h3-9,14,16-17,20H,10-13,23H2,1-2H3/t14-,16-,17+,20+/m1/s1. The summed E-state index contributed by atoms with van der Waals surface area (Å²) in [6.07, 6.45) is 1.71. The van der Waals surface area contributed by atoms with E-state index in [1.807, 2.05) is 39.8 Å². The van der Waals surface area contributed by atoms with E-state index in [0.717, 1.165) is 29.8 Å². The van der Waals surface area contributed by atoms with Crippen LogP contribution in [0, 0.1) is 5.92 Å². The van der Waals surface area contributed by atoms with Crippen LogP contribution >= 0.6 is 0 Å². The molecule has 1 fully saturated rings. The Morgan fingerprint density at radius 3 is 2.79 bits per heavy atom. The summed E-state index contributed by atoms with van der Waals surface area (Å²) in [5.74, 6) is 1.20. The number of hydrogen-bond acceptors (Lipinski definition) is 4. The lowest BCUT2D eigenvalue weighted by atomic mass is 9.76. The first-order valence-corrected chi connectivity index (χ1v) is 9.86. The zero-order valence-corrected chi connectivity index (χ0v) is 16.4. The van der Waals surface area contributed by atoms with Gasteiger partial charge in [-0.25, -0.2) is 0 Å². The van der Waals surface area contributed by atoms with Gasteiger partial charge < -0.3 is 19.9 Å². The number of nitrogens with two attached hydrogens (primary N) is 1. The van der Waals surface area contributed by atoms with Crippen LogP contribution in [0.15, 0.2) is 47.3 Å². The van der Waals surface area contributed by atoms with Crippen molar-refractivity contribution in [3.63, 3.8) is 0 Å². The Hall–Kier alpha value is -2.60. The molecule has 2 aromatic rings. The summed E-state index contributed by atoms with van der Waals surface area (Å²) in [4.78, 5) is 27.2. The minimum atomic E-state index is -0.506. The van der Waals surface area contributed by atoms with E-state index in [4.69, 9.17) is 10.5 Å². The van der Waals surface area contributed by atoms with Gasteiger partial charge >= 0.3 is 0 Å². The Morgan fingerprint density at radius 1 is 1.25 bits per heavy atom. The van der Waals surface area contributed by atoms with Crippen molar-refractivity contribution in [2.45, 2.75) is 37.8 Å². The van der Waals surface area contributed by atoms with Crippen molar-refractivity contribution in [2.75, 3.05) is 20.2 Å². The SMILES string of the molecule is COc1cccc(C[C@H]2[C@H]3C[C@H](CN(C(=O)[C@@H](C)N)C3)c3cccc(=O)n32)c1. The largest absolute Gasteiger partial charge is 0.497 e. The molecule has 1 aromatic carbocycles. The Labute approximate surface area is 164 Å². The second kappa shape index (κ2) is 7.43. The van der Waals surface area contributed by atoms with Crippen LogP contribution in [0.3, 0.4) is 0 Å². The topological polar surface area (TPSA) is 77.6 Å². The zero-order valence-electron chi connectivity index (χ0n) is 16.4. The Bertz CT molecular complexity index is 937. The average Bonchev–Trinajstić information content (AvgIpc) is 2.70. The van der Waals surface area contributed by atoms with Gasteiger partial charge in [0, 0.05) is 36.8 Å². The number of hydrogen-bond donors (Lipinski definition) is 1. The van der Waals surface area contributed by atoms with Gasteiger partial charge in [-0.05, 0) is 49.4 Å². The summed E-state index contributed by atoms with van der Waals surface area (Å²) in [5, 5.41) is 0. The minimum Gasteiger partial charge on any atom is -0.497 e. The van der Waals surface area contributed by atoms with Crippen LogP contribution in [-0.2, 0) is 11.2 Å². The number of carbonyl (C=O) groups excluding carboxylic acids is 1. The molecule has 0 saturated carbocycles. The van der Waals surface area contributed by atoms with E-state index in [9.17, 15) is 9.59 Å². The van der Waals surface area contributed by atoms with Gasteiger partial charge in [-0.15, -0.1) is 0 Å².